The van der Waals surface area contributed by atoms with Gasteiger partial charge in [0, 0.05) is 25.7 Å². The molecule has 5 nitrogen and oxygen atoms in total. The van der Waals surface area contributed by atoms with Crippen molar-refractivity contribution in [2.24, 2.45) is 0 Å². The van der Waals surface area contributed by atoms with Crippen LogP contribution in [0.3, 0.4) is 0 Å². The first-order valence-corrected chi connectivity index (χ1v) is 7.60. The summed E-state index contributed by atoms with van der Waals surface area (Å²) < 4.78 is 5.31. The first-order chi connectivity index (χ1) is 10.6. The molecular weight excluding hydrogens is 302 g/mol. The molecule has 1 heterocycles. The predicted octanol–water partition coefficient (Wildman–Crippen LogP) is 1.94. The van der Waals surface area contributed by atoms with Crippen LogP contribution < -0.4 is 5.32 Å². The van der Waals surface area contributed by atoms with Crippen LogP contribution in [0.15, 0.2) is 18.2 Å². The second kappa shape index (κ2) is 7.10. The summed E-state index contributed by atoms with van der Waals surface area (Å²) in [5.74, 6) is -0.0309. The number of ether oxygens (including phenoxy) is 1. The molecule has 0 spiro atoms. The molecule has 1 saturated heterocycles. The quantitative estimate of drug-likeness (QED) is 0.900. The van der Waals surface area contributed by atoms with Gasteiger partial charge in [-0.1, -0.05) is 17.7 Å². The Bertz CT molecular complexity index is 600. The molecule has 1 atom stereocenters. The number of nitrogens with one attached hydrogen (secondary N) is 1. The highest BCUT2D eigenvalue weighted by Crippen LogP contribution is 2.33. The van der Waals surface area contributed by atoms with Gasteiger partial charge in [-0.25, -0.2) is 0 Å². The number of carbonyl (C=O) groups excluding carboxylic acids is 1. The maximum Gasteiger partial charge on any atom is 0.242 e. The average molecular weight is 322 g/mol. The molecule has 118 valence electrons. The molecule has 1 unspecified atom stereocenters. The molecule has 2 rings (SSSR count). The first-order valence-electron chi connectivity index (χ1n) is 7.22. The summed E-state index contributed by atoms with van der Waals surface area (Å²) in [5, 5.41) is 12.2. The fourth-order valence-corrected chi connectivity index (χ4v) is 3.31. The van der Waals surface area contributed by atoms with E-state index >= 15 is 0 Å². The van der Waals surface area contributed by atoms with Crippen molar-refractivity contribution in [2.75, 3.05) is 27.3 Å². The highest BCUT2D eigenvalue weighted by atomic mass is 35.5. The van der Waals surface area contributed by atoms with Crippen LogP contribution in [-0.4, -0.2) is 43.7 Å². The third kappa shape index (κ3) is 3.09. The highest BCUT2D eigenvalue weighted by molar-refractivity contribution is 6.31. The Hall–Kier alpha value is -1.61. The normalized spacial score (nSPS) is 21.5. The molecule has 0 aromatic heterocycles. The smallest absolute Gasteiger partial charge is 0.242 e. The monoisotopic (exact) mass is 321 g/mol. The molecule has 6 heteroatoms. The molecule has 1 aromatic rings. The number of likely N-dealkylation sites (tertiary alicyclic amines) is 1. The van der Waals surface area contributed by atoms with Crippen LogP contribution >= 0.6 is 11.6 Å². The van der Waals surface area contributed by atoms with Gasteiger partial charge in [0.2, 0.25) is 5.91 Å². The van der Waals surface area contributed by atoms with E-state index in [9.17, 15) is 4.79 Å². The van der Waals surface area contributed by atoms with Crippen molar-refractivity contribution < 1.29 is 9.53 Å². The third-order valence-corrected chi connectivity index (χ3v) is 4.55. The summed E-state index contributed by atoms with van der Waals surface area (Å²) >= 11 is 6.26. The summed E-state index contributed by atoms with van der Waals surface area (Å²) in [6.45, 7) is 1.72. The number of rotatable bonds is 5. The summed E-state index contributed by atoms with van der Waals surface area (Å²) in [6.07, 6.45) is 1.69. The zero-order valence-corrected chi connectivity index (χ0v) is 13.6. The van der Waals surface area contributed by atoms with E-state index in [1.807, 2.05) is 6.07 Å². The van der Waals surface area contributed by atoms with Crippen molar-refractivity contribution in [3.63, 3.8) is 0 Å². The minimum Gasteiger partial charge on any atom is -0.382 e. The summed E-state index contributed by atoms with van der Waals surface area (Å²) in [5.41, 5.74) is 0.789. The lowest BCUT2D eigenvalue weighted by Crippen LogP contribution is -2.57. The standard InChI is InChI=1S/C16H20ClN3O2/c1-19-15(21)16(11-22-2)6-3-7-20(16)10-13-5-4-12(9-18)8-14(13)17/h4-5,8H,3,6-7,10-11H2,1-2H3,(H,19,21). The Kier molecular flexibility index (Phi) is 5.41. The SMILES string of the molecule is CNC(=O)C1(COC)CCCN1Cc1ccc(C#N)cc1Cl. The number of likely N-dealkylation sites (N-methyl/N-ethyl adjacent to an activating group) is 1. The van der Waals surface area contributed by atoms with E-state index in [2.05, 4.69) is 16.3 Å². The third-order valence-electron chi connectivity index (χ3n) is 4.20. The van der Waals surface area contributed by atoms with Crippen LogP contribution in [0.5, 0.6) is 0 Å². The van der Waals surface area contributed by atoms with Crippen molar-refractivity contribution in [3.05, 3.63) is 34.3 Å². The summed E-state index contributed by atoms with van der Waals surface area (Å²) in [6, 6.07) is 7.32. The van der Waals surface area contributed by atoms with Crippen molar-refractivity contribution in [1.82, 2.24) is 10.2 Å². The second-order valence-corrected chi connectivity index (χ2v) is 5.89. The van der Waals surface area contributed by atoms with Crippen molar-refractivity contribution in [1.29, 1.82) is 5.26 Å². The molecule has 1 aromatic carbocycles. The van der Waals surface area contributed by atoms with E-state index < -0.39 is 5.54 Å². The minimum atomic E-state index is -0.652. The molecule has 0 radical (unpaired) electrons. The Labute approximate surface area is 135 Å². The van der Waals surface area contributed by atoms with Gasteiger partial charge >= 0.3 is 0 Å². The lowest BCUT2D eigenvalue weighted by atomic mass is 9.95. The van der Waals surface area contributed by atoms with E-state index in [1.54, 1.807) is 26.3 Å². The zero-order valence-electron chi connectivity index (χ0n) is 12.9. The van der Waals surface area contributed by atoms with Gasteiger partial charge in [-0.15, -0.1) is 0 Å². The zero-order chi connectivity index (χ0) is 16.2. The number of amides is 1. The van der Waals surface area contributed by atoms with E-state index in [-0.39, 0.29) is 5.91 Å². The highest BCUT2D eigenvalue weighted by Gasteiger charge is 2.47. The van der Waals surface area contributed by atoms with Gasteiger partial charge in [0.25, 0.3) is 0 Å². The Morgan fingerprint density at radius 1 is 1.59 bits per heavy atom. The summed E-state index contributed by atoms with van der Waals surface area (Å²) in [4.78, 5) is 14.5. The fourth-order valence-electron chi connectivity index (χ4n) is 3.07. The van der Waals surface area contributed by atoms with Crippen LogP contribution in [0.25, 0.3) is 0 Å². The van der Waals surface area contributed by atoms with Gasteiger partial charge in [-0.2, -0.15) is 5.26 Å². The van der Waals surface area contributed by atoms with Gasteiger partial charge in [0.1, 0.15) is 5.54 Å². The molecule has 22 heavy (non-hydrogen) atoms. The molecular formula is C16H20ClN3O2. The van der Waals surface area contributed by atoms with Crippen LogP contribution in [0.1, 0.15) is 24.0 Å². The number of hydrogen-bond acceptors (Lipinski definition) is 4. The van der Waals surface area contributed by atoms with Gasteiger partial charge in [0.05, 0.1) is 18.2 Å². The topological polar surface area (TPSA) is 65.4 Å². The van der Waals surface area contributed by atoms with E-state index in [4.69, 9.17) is 21.6 Å². The molecule has 1 amide bonds. The van der Waals surface area contributed by atoms with E-state index in [1.165, 1.54) is 0 Å². The number of halogens is 1. The van der Waals surface area contributed by atoms with Crippen LogP contribution in [0, 0.1) is 11.3 Å². The number of hydrogen-bond donors (Lipinski definition) is 1. The average Bonchev–Trinajstić information content (AvgIpc) is 2.92. The van der Waals surface area contributed by atoms with E-state index in [0.717, 1.165) is 24.9 Å². The number of nitrogens with zero attached hydrogens (tertiary/aromatic N) is 2. The Morgan fingerprint density at radius 3 is 2.95 bits per heavy atom. The Morgan fingerprint density at radius 2 is 2.36 bits per heavy atom. The van der Waals surface area contributed by atoms with Gasteiger partial charge in [-0.3, -0.25) is 9.69 Å². The molecule has 1 aliphatic heterocycles. The van der Waals surface area contributed by atoms with Crippen LogP contribution in [-0.2, 0) is 16.1 Å². The van der Waals surface area contributed by atoms with Crippen molar-refractivity contribution in [3.8, 4) is 6.07 Å². The number of nitriles is 1. The van der Waals surface area contributed by atoms with E-state index in [0.29, 0.717) is 23.7 Å². The minimum absolute atomic E-state index is 0.0309. The lowest BCUT2D eigenvalue weighted by molar-refractivity contribution is -0.135. The maximum atomic E-state index is 12.4. The molecule has 0 saturated carbocycles. The predicted molar refractivity (Wildman–Crippen MR) is 84.5 cm³/mol. The lowest BCUT2D eigenvalue weighted by Gasteiger charge is -2.36. The number of carbonyl (C=O) groups is 1. The summed E-state index contributed by atoms with van der Waals surface area (Å²) in [7, 11) is 3.25. The molecule has 0 bridgehead atoms. The van der Waals surface area contributed by atoms with Gasteiger partial charge in [0.15, 0.2) is 0 Å². The molecule has 1 aliphatic rings. The van der Waals surface area contributed by atoms with Crippen molar-refractivity contribution in [2.45, 2.75) is 24.9 Å². The molecule has 1 fully saturated rings. The van der Waals surface area contributed by atoms with Crippen LogP contribution in [0.2, 0.25) is 5.02 Å². The van der Waals surface area contributed by atoms with Gasteiger partial charge in [-0.05, 0) is 37.1 Å². The largest absolute Gasteiger partial charge is 0.382 e. The van der Waals surface area contributed by atoms with Gasteiger partial charge < -0.3 is 10.1 Å². The van der Waals surface area contributed by atoms with Crippen molar-refractivity contribution >= 4 is 17.5 Å². The molecule has 0 aliphatic carbocycles. The Balaban J connectivity index is 2.27. The molecule has 1 N–H and O–H groups in total. The first kappa shape index (κ1) is 16.8. The number of methoxy groups -OCH3 is 1. The fraction of sp³-hybridized carbons (Fsp3) is 0.500. The van der Waals surface area contributed by atoms with Crippen LogP contribution in [0.4, 0.5) is 0 Å². The maximum absolute atomic E-state index is 12.4. The number of benzene rings is 1. The second-order valence-electron chi connectivity index (χ2n) is 5.49.